The Balaban J connectivity index is 3.02. The van der Waals surface area contributed by atoms with Gasteiger partial charge in [-0.1, -0.05) is 31.5 Å². The van der Waals surface area contributed by atoms with Crippen LogP contribution in [0.15, 0.2) is 18.2 Å². The quantitative estimate of drug-likeness (QED) is 0.796. The van der Waals surface area contributed by atoms with Crippen LogP contribution in [0.4, 0.5) is 0 Å². The highest BCUT2D eigenvalue weighted by molar-refractivity contribution is 5.72. The molecule has 2 unspecified atom stereocenters. The topological polar surface area (TPSA) is 58.6 Å². The maximum absolute atomic E-state index is 11.1. The standard InChI is InChI=1S/C15H23NO3/c1-5-13(15(17)18)19-14-8-7-10(3)9-12(14)11(4)16-6-2/h7-9,11,13,16H,5-6H2,1-4H3,(H,17,18). The van der Waals surface area contributed by atoms with Gasteiger partial charge in [-0.05, 0) is 32.9 Å². The first kappa shape index (κ1) is 15.5. The van der Waals surface area contributed by atoms with E-state index in [4.69, 9.17) is 9.84 Å². The Bertz CT molecular complexity index is 431. The van der Waals surface area contributed by atoms with Crippen molar-refractivity contribution in [1.82, 2.24) is 5.32 Å². The summed E-state index contributed by atoms with van der Waals surface area (Å²) in [5, 5.41) is 12.4. The van der Waals surface area contributed by atoms with Gasteiger partial charge in [0, 0.05) is 11.6 Å². The lowest BCUT2D eigenvalue weighted by Crippen LogP contribution is -2.27. The summed E-state index contributed by atoms with van der Waals surface area (Å²) in [6.45, 7) is 8.76. The lowest BCUT2D eigenvalue weighted by atomic mass is 10.0. The third-order valence-corrected chi connectivity index (χ3v) is 3.06. The molecule has 1 aromatic carbocycles. The number of rotatable bonds is 7. The van der Waals surface area contributed by atoms with Gasteiger partial charge >= 0.3 is 5.97 Å². The fourth-order valence-electron chi connectivity index (χ4n) is 1.99. The molecule has 4 nitrogen and oxygen atoms in total. The molecule has 0 saturated heterocycles. The zero-order chi connectivity index (χ0) is 14.4. The van der Waals surface area contributed by atoms with Gasteiger partial charge in [0.1, 0.15) is 5.75 Å². The molecule has 0 saturated carbocycles. The van der Waals surface area contributed by atoms with E-state index in [1.807, 2.05) is 39.0 Å². The number of hydrogen-bond donors (Lipinski definition) is 2. The predicted molar refractivity (Wildman–Crippen MR) is 75.6 cm³/mol. The molecule has 0 fully saturated rings. The predicted octanol–water partition coefficient (Wildman–Crippen LogP) is 2.91. The number of carboxylic acids is 1. The number of aryl methyl sites for hydroxylation is 1. The minimum atomic E-state index is -0.926. The molecule has 2 N–H and O–H groups in total. The third kappa shape index (κ3) is 4.24. The average Bonchev–Trinajstić information content (AvgIpc) is 2.37. The van der Waals surface area contributed by atoms with E-state index in [1.165, 1.54) is 0 Å². The summed E-state index contributed by atoms with van der Waals surface area (Å²) in [6, 6.07) is 5.96. The molecule has 0 amide bonds. The monoisotopic (exact) mass is 265 g/mol. The summed E-state index contributed by atoms with van der Waals surface area (Å²) in [4.78, 5) is 11.1. The minimum Gasteiger partial charge on any atom is -0.479 e. The van der Waals surface area contributed by atoms with Crippen molar-refractivity contribution in [1.29, 1.82) is 0 Å². The lowest BCUT2D eigenvalue weighted by Gasteiger charge is -2.21. The van der Waals surface area contributed by atoms with Gasteiger partial charge in [-0.2, -0.15) is 0 Å². The summed E-state index contributed by atoms with van der Waals surface area (Å²) >= 11 is 0. The maximum Gasteiger partial charge on any atom is 0.344 e. The summed E-state index contributed by atoms with van der Waals surface area (Å²) < 4.78 is 5.64. The number of aliphatic carboxylic acids is 1. The largest absolute Gasteiger partial charge is 0.479 e. The molecule has 1 rings (SSSR count). The van der Waals surface area contributed by atoms with Crippen molar-refractivity contribution in [3.8, 4) is 5.75 Å². The van der Waals surface area contributed by atoms with Crippen LogP contribution < -0.4 is 10.1 Å². The fourth-order valence-corrected chi connectivity index (χ4v) is 1.99. The van der Waals surface area contributed by atoms with E-state index >= 15 is 0 Å². The van der Waals surface area contributed by atoms with Crippen LogP contribution in [0.1, 0.15) is 44.4 Å². The Morgan fingerprint density at radius 2 is 2.11 bits per heavy atom. The molecule has 4 heteroatoms. The van der Waals surface area contributed by atoms with Crippen molar-refractivity contribution >= 4 is 5.97 Å². The normalized spacial score (nSPS) is 13.9. The molecule has 0 aromatic heterocycles. The SMILES string of the molecule is CCNC(C)c1cc(C)ccc1OC(CC)C(=O)O. The number of nitrogens with one attached hydrogen (secondary N) is 1. The van der Waals surface area contributed by atoms with Gasteiger partial charge in [0.25, 0.3) is 0 Å². The fraction of sp³-hybridized carbons (Fsp3) is 0.533. The maximum atomic E-state index is 11.1. The van der Waals surface area contributed by atoms with Gasteiger partial charge < -0.3 is 15.2 Å². The van der Waals surface area contributed by atoms with Gasteiger partial charge in [0.2, 0.25) is 0 Å². The van der Waals surface area contributed by atoms with Crippen molar-refractivity contribution < 1.29 is 14.6 Å². The molecular weight excluding hydrogens is 242 g/mol. The molecule has 0 radical (unpaired) electrons. The van der Waals surface area contributed by atoms with Crippen LogP contribution in [0.3, 0.4) is 0 Å². The molecule has 19 heavy (non-hydrogen) atoms. The highest BCUT2D eigenvalue weighted by atomic mass is 16.5. The first-order chi connectivity index (χ1) is 8.99. The van der Waals surface area contributed by atoms with Crippen LogP contribution in [-0.2, 0) is 4.79 Å². The van der Waals surface area contributed by atoms with Crippen LogP contribution >= 0.6 is 0 Å². The van der Waals surface area contributed by atoms with Crippen molar-refractivity contribution in [2.75, 3.05) is 6.54 Å². The second-order valence-corrected chi connectivity index (χ2v) is 4.67. The third-order valence-electron chi connectivity index (χ3n) is 3.06. The second kappa shape index (κ2) is 7.14. The van der Waals surface area contributed by atoms with Gasteiger partial charge in [0.05, 0.1) is 0 Å². The molecule has 0 spiro atoms. The smallest absolute Gasteiger partial charge is 0.344 e. The Kier molecular flexibility index (Phi) is 5.83. The van der Waals surface area contributed by atoms with Crippen LogP contribution in [0.2, 0.25) is 0 Å². The van der Waals surface area contributed by atoms with E-state index in [9.17, 15) is 4.79 Å². The van der Waals surface area contributed by atoms with Gasteiger partial charge in [0.15, 0.2) is 6.10 Å². The molecule has 0 bridgehead atoms. The van der Waals surface area contributed by atoms with Crippen molar-refractivity contribution in [2.45, 2.75) is 46.3 Å². The molecular formula is C15H23NO3. The number of ether oxygens (including phenoxy) is 1. The van der Waals surface area contributed by atoms with Crippen LogP contribution in [0.25, 0.3) is 0 Å². The highest BCUT2D eigenvalue weighted by Crippen LogP contribution is 2.27. The van der Waals surface area contributed by atoms with Crippen molar-refractivity contribution in [2.24, 2.45) is 0 Å². The summed E-state index contributed by atoms with van der Waals surface area (Å²) in [7, 11) is 0. The van der Waals surface area contributed by atoms with Gasteiger partial charge in [-0.25, -0.2) is 4.79 Å². The van der Waals surface area contributed by atoms with E-state index in [-0.39, 0.29) is 6.04 Å². The minimum absolute atomic E-state index is 0.131. The number of benzene rings is 1. The van der Waals surface area contributed by atoms with Gasteiger partial charge in [-0.15, -0.1) is 0 Å². The molecule has 0 heterocycles. The van der Waals surface area contributed by atoms with Crippen LogP contribution in [-0.4, -0.2) is 23.7 Å². The van der Waals surface area contributed by atoms with Crippen LogP contribution in [0.5, 0.6) is 5.75 Å². The average molecular weight is 265 g/mol. The van der Waals surface area contributed by atoms with E-state index in [2.05, 4.69) is 5.32 Å². The number of carbonyl (C=O) groups is 1. The molecule has 2 atom stereocenters. The first-order valence-corrected chi connectivity index (χ1v) is 6.72. The molecule has 1 aromatic rings. The second-order valence-electron chi connectivity index (χ2n) is 4.67. The number of carboxylic acid groups (broad SMARTS) is 1. The number of hydrogen-bond acceptors (Lipinski definition) is 3. The Morgan fingerprint density at radius 3 is 2.63 bits per heavy atom. The lowest BCUT2D eigenvalue weighted by molar-refractivity contribution is -0.145. The van der Waals surface area contributed by atoms with E-state index in [1.54, 1.807) is 6.92 Å². The first-order valence-electron chi connectivity index (χ1n) is 6.72. The highest BCUT2D eigenvalue weighted by Gasteiger charge is 2.20. The summed E-state index contributed by atoms with van der Waals surface area (Å²) in [6.07, 6.45) is -0.353. The summed E-state index contributed by atoms with van der Waals surface area (Å²) in [5.41, 5.74) is 2.14. The molecule has 0 aliphatic rings. The summed E-state index contributed by atoms with van der Waals surface area (Å²) in [5.74, 6) is -0.279. The Labute approximate surface area is 114 Å². The van der Waals surface area contributed by atoms with E-state index < -0.39 is 12.1 Å². The van der Waals surface area contributed by atoms with Crippen LogP contribution in [0, 0.1) is 6.92 Å². The Hall–Kier alpha value is -1.55. The van der Waals surface area contributed by atoms with Gasteiger partial charge in [-0.3, -0.25) is 0 Å². The zero-order valence-electron chi connectivity index (χ0n) is 12.1. The van der Waals surface area contributed by atoms with Crippen molar-refractivity contribution in [3.63, 3.8) is 0 Å². The molecule has 106 valence electrons. The van der Waals surface area contributed by atoms with E-state index in [0.29, 0.717) is 12.2 Å². The zero-order valence-corrected chi connectivity index (χ0v) is 12.1. The molecule has 0 aliphatic carbocycles. The van der Waals surface area contributed by atoms with Crippen molar-refractivity contribution in [3.05, 3.63) is 29.3 Å². The Morgan fingerprint density at radius 1 is 1.42 bits per heavy atom. The van der Waals surface area contributed by atoms with E-state index in [0.717, 1.165) is 17.7 Å². The molecule has 0 aliphatic heterocycles.